The summed E-state index contributed by atoms with van der Waals surface area (Å²) in [6.45, 7) is 2.87. The maximum absolute atomic E-state index is 11.9. The topological polar surface area (TPSA) is 29.1 Å². The Morgan fingerprint density at radius 3 is 2.05 bits per heavy atom. The molecule has 3 rings (SSSR count). The SMILES string of the molecule is CC1CNC(=O)C1c1ccc(-c2ccc(Cl)cc2)cc1. The Hall–Kier alpha value is -1.80. The molecule has 0 saturated carbocycles. The predicted octanol–water partition coefficient (Wildman–Crippen LogP) is 3.86. The number of rotatable bonds is 2. The van der Waals surface area contributed by atoms with Gasteiger partial charge in [-0.05, 0) is 34.7 Å². The third-order valence-electron chi connectivity index (χ3n) is 3.90. The largest absolute Gasteiger partial charge is 0.355 e. The summed E-state index contributed by atoms with van der Waals surface area (Å²) in [4.78, 5) is 11.9. The van der Waals surface area contributed by atoms with Crippen LogP contribution in [0.25, 0.3) is 11.1 Å². The van der Waals surface area contributed by atoms with Crippen LogP contribution in [0.2, 0.25) is 5.02 Å². The molecular formula is C17H16ClNO. The summed E-state index contributed by atoms with van der Waals surface area (Å²) in [5.74, 6) is 0.467. The third kappa shape index (κ3) is 2.44. The second-order valence-corrected chi connectivity index (χ2v) is 5.77. The number of carbonyl (C=O) groups is 1. The first-order chi connectivity index (χ1) is 9.65. The van der Waals surface area contributed by atoms with Gasteiger partial charge in [0.25, 0.3) is 0 Å². The Morgan fingerprint density at radius 1 is 1.00 bits per heavy atom. The highest BCUT2D eigenvalue weighted by Crippen LogP contribution is 2.30. The minimum atomic E-state index is -0.0192. The van der Waals surface area contributed by atoms with Crippen molar-refractivity contribution in [1.82, 2.24) is 5.32 Å². The van der Waals surface area contributed by atoms with Crippen molar-refractivity contribution < 1.29 is 4.79 Å². The number of amides is 1. The molecule has 1 heterocycles. The van der Waals surface area contributed by atoms with Crippen LogP contribution in [-0.4, -0.2) is 12.5 Å². The maximum Gasteiger partial charge on any atom is 0.227 e. The fraction of sp³-hybridized carbons (Fsp3) is 0.235. The summed E-state index contributed by atoms with van der Waals surface area (Å²) < 4.78 is 0. The Morgan fingerprint density at radius 2 is 1.55 bits per heavy atom. The first-order valence-corrected chi connectivity index (χ1v) is 7.16. The zero-order valence-corrected chi connectivity index (χ0v) is 12.0. The van der Waals surface area contributed by atoms with E-state index in [-0.39, 0.29) is 11.8 Å². The number of benzene rings is 2. The summed E-state index contributed by atoms with van der Waals surface area (Å²) in [7, 11) is 0. The molecule has 1 fully saturated rings. The van der Waals surface area contributed by atoms with Gasteiger partial charge >= 0.3 is 0 Å². The highest BCUT2D eigenvalue weighted by Gasteiger charge is 2.32. The van der Waals surface area contributed by atoms with Gasteiger partial charge in [-0.15, -0.1) is 0 Å². The molecular weight excluding hydrogens is 270 g/mol. The van der Waals surface area contributed by atoms with Crippen molar-refractivity contribution in [1.29, 1.82) is 0 Å². The highest BCUT2D eigenvalue weighted by molar-refractivity contribution is 6.30. The summed E-state index contributed by atoms with van der Waals surface area (Å²) >= 11 is 5.90. The molecule has 1 saturated heterocycles. The number of carbonyl (C=O) groups excluding carboxylic acids is 1. The molecule has 1 aliphatic heterocycles. The molecule has 102 valence electrons. The van der Waals surface area contributed by atoms with Crippen LogP contribution in [0.4, 0.5) is 0 Å². The van der Waals surface area contributed by atoms with Crippen molar-refractivity contribution in [3.05, 3.63) is 59.1 Å². The highest BCUT2D eigenvalue weighted by atomic mass is 35.5. The number of nitrogens with one attached hydrogen (secondary N) is 1. The Labute approximate surface area is 123 Å². The first-order valence-electron chi connectivity index (χ1n) is 6.79. The van der Waals surface area contributed by atoms with Crippen molar-refractivity contribution >= 4 is 17.5 Å². The molecule has 2 nitrogen and oxygen atoms in total. The van der Waals surface area contributed by atoms with Crippen LogP contribution < -0.4 is 5.32 Å². The Bertz CT molecular complexity index is 618. The third-order valence-corrected chi connectivity index (χ3v) is 4.15. The minimum absolute atomic E-state index is 0.0192. The lowest BCUT2D eigenvalue weighted by molar-refractivity contribution is -0.120. The van der Waals surface area contributed by atoms with Gasteiger partial charge in [0.05, 0.1) is 5.92 Å². The molecule has 2 unspecified atom stereocenters. The van der Waals surface area contributed by atoms with Crippen LogP contribution >= 0.6 is 11.6 Å². The van der Waals surface area contributed by atoms with E-state index < -0.39 is 0 Å². The lowest BCUT2D eigenvalue weighted by atomic mass is 9.89. The van der Waals surface area contributed by atoms with Crippen LogP contribution in [0.5, 0.6) is 0 Å². The summed E-state index contributed by atoms with van der Waals surface area (Å²) in [5.41, 5.74) is 3.35. The average molecular weight is 286 g/mol. The van der Waals surface area contributed by atoms with E-state index in [2.05, 4.69) is 36.5 Å². The van der Waals surface area contributed by atoms with E-state index in [0.717, 1.165) is 28.3 Å². The lowest BCUT2D eigenvalue weighted by Gasteiger charge is -2.13. The van der Waals surface area contributed by atoms with Crippen molar-refractivity contribution in [2.24, 2.45) is 5.92 Å². The van der Waals surface area contributed by atoms with E-state index in [1.807, 2.05) is 24.3 Å². The smallest absolute Gasteiger partial charge is 0.227 e. The van der Waals surface area contributed by atoms with Crippen LogP contribution in [-0.2, 0) is 4.79 Å². The monoisotopic (exact) mass is 285 g/mol. The van der Waals surface area contributed by atoms with Crippen LogP contribution in [0.3, 0.4) is 0 Å². The van der Waals surface area contributed by atoms with Gasteiger partial charge in [-0.3, -0.25) is 4.79 Å². The molecule has 20 heavy (non-hydrogen) atoms. The quantitative estimate of drug-likeness (QED) is 0.892. The molecule has 0 bridgehead atoms. The van der Waals surface area contributed by atoms with E-state index in [1.54, 1.807) is 0 Å². The normalized spacial score (nSPS) is 21.8. The molecule has 0 aromatic heterocycles. The molecule has 0 aliphatic carbocycles. The number of hydrogen-bond donors (Lipinski definition) is 1. The summed E-state index contributed by atoms with van der Waals surface area (Å²) in [5, 5.41) is 3.65. The van der Waals surface area contributed by atoms with E-state index >= 15 is 0 Å². The minimum Gasteiger partial charge on any atom is -0.355 e. The van der Waals surface area contributed by atoms with Crippen LogP contribution in [0, 0.1) is 5.92 Å². The van der Waals surface area contributed by atoms with Crippen LogP contribution in [0.15, 0.2) is 48.5 Å². The molecule has 0 spiro atoms. The molecule has 1 aliphatic rings. The number of halogens is 1. The maximum atomic E-state index is 11.9. The zero-order chi connectivity index (χ0) is 14.1. The molecule has 2 aromatic rings. The van der Waals surface area contributed by atoms with Crippen molar-refractivity contribution in [2.45, 2.75) is 12.8 Å². The molecule has 3 heteroatoms. The molecule has 0 radical (unpaired) electrons. The molecule has 1 N–H and O–H groups in total. The van der Waals surface area contributed by atoms with Gasteiger partial charge in [-0.2, -0.15) is 0 Å². The molecule has 1 amide bonds. The van der Waals surface area contributed by atoms with Crippen molar-refractivity contribution in [3.8, 4) is 11.1 Å². The average Bonchev–Trinajstić information content (AvgIpc) is 2.79. The fourth-order valence-corrected chi connectivity index (χ4v) is 2.88. The fourth-order valence-electron chi connectivity index (χ4n) is 2.75. The van der Waals surface area contributed by atoms with Gasteiger partial charge in [-0.25, -0.2) is 0 Å². The van der Waals surface area contributed by atoms with E-state index in [4.69, 9.17) is 11.6 Å². The first kappa shape index (κ1) is 13.2. The van der Waals surface area contributed by atoms with E-state index in [1.165, 1.54) is 0 Å². The van der Waals surface area contributed by atoms with E-state index in [0.29, 0.717) is 5.92 Å². The van der Waals surface area contributed by atoms with Crippen molar-refractivity contribution in [2.75, 3.05) is 6.54 Å². The van der Waals surface area contributed by atoms with Gasteiger partial charge < -0.3 is 5.32 Å². The predicted molar refractivity (Wildman–Crippen MR) is 81.8 cm³/mol. The second kappa shape index (κ2) is 5.29. The second-order valence-electron chi connectivity index (χ2n) is 5.33. The Kier molecular flexibility index (Phi) is 3.49. The van der Waals surface area contributed by atoms with Gasteiger partial charge in [0.2, 0.25) is 5.91 Å². The van der Waals surface area contributed by atoms with Gasteiger partial charge in [-0.1, -0.05) is 54.9 Å². The standard InChI is InChI=1S/C17H16ClNO/c1-11-10-19-17(20)16(11)14-4-2-12(3-5-14)13-6-8-15(18)9-7-13/h2-9,11,16H,10H2,1H3,(H,19,20). The summed E-state index contributed by atoms with van der Waals surface area (Å²) in [6, 6.07) is 16.0. The van der Waals surface area contributed by atoms with Gasteiger partial charge in [0.1, 0.15) is 0 Å². The molecule has 2 aromatic carbocycles. The van der Waals surface area contributed by atoms with Crippen molar-refractivity contribution in [3.63, 3.8) is 0 Å². The van der Waals surface area contributed by atoms with Gasteiger partial charge in [0, 0.05) is 11.6 Å². The molecule has 2 atom stereocenters. The lowest BCUT2D eigenvalue weighted by Crippen LogP contribution is -2.17. The zero-order valence-electron chi connectivity index (χ0n) is 11.3. The van der Waals surface area contributed by atoms with Crippen LogP contribution in [0.1, 0.15) is 18.4 Å². The number of hydrogen-bond acceptors (Lipinski definition) is 1. The Balaban J connectivity index is 1.88. The van der Waals surface area contributed by atoms with E-state index in [9.17, 15) is 4.79 Å². The summed E-state index contributed by atoms with van der Waals surface area (Å²) in [6.07, 6.45) is 0. The van der Waals surface area contributed by atoms with Gasteiger partial charge in [0.15, 0.2) is 0 Å².